The first-order valence-electron chi connectivity index (χ1n) is 9.95. The van der Waals surface area contributed by atoms with Crippen LogP contribution in [0.1, 0.15) is 63.5 Å². The number of rotatable bonds is 10. The average molecular weight is 410 g/mol. The van der Waals surface area contributed by atoms with Crippen LogP contribution in [0.3, 0.4) is 0 Å². The van der Waals surface area contributed by atoms with Crippen molar-refractivity contribution in [1.29, 1.82) is 0 Å². The maximum atomic E-state index is 11.8. The van der Waals surface area contributed by atoms with Crippen LogP contribution in [0, 0.1) is 23.7 Å². The number of Topliss-reactive ketones (excluding diaryl/α,β-unsaturated/α-hetero) is 2. The number of esters is 2. The van der Waals surface area contributed by atoms with E-state index >= 15 is 0 Å². The topological polar surface area (TPSA) is 86.7 Å². The Kier molecular flexibility index (Phi) is 12.0. The molecule has 158 valence electrons. The molecule has 6 heteroatoms. The van der Waals surface area contributed by atoms with E-state index in [4.69, 9.17) is 9.47 Å². The predicted molar refractivity (Wildman–Crippen MR) is 111 cm³/mol. The van der Waals surface area contributed by atoms with Crippen molar-refractivity contribution in [2.75, 3.05) is 13.2 Å². The van der Waals surface area contributed by atoms with Crippen molar-refractivity contribution in [2.45, 2.75) is 52.4 Å². The fourth-order valence-corrected chi connectivity index (χ4v) is 2.34. The molecular weight excluding hydrogens is 384 g/mol. The van der Waals surface area contributed by atoms with E-state index < -0.39 is 0 Å². The molecule has 1 rings (SSSR count). The van der Waals surface area contributed by atoms with E-state index in [1.165, 1.54) is 0 Å². The molecule has 0 aliphatic heterocycles. The van der Waals surface area contributed by atoms with Crippen molar-refractivity contribution in [2.24, 2.45) is 0 Å². The van der Waals surface area contributed by atoms with Gasteiger partial charge in [0.05, 0.1) is 13.2 Å². The molecule has 0 saturated carbocycles. The van der Waals surface area contributed by atoms with Crippen molar-refractivity contribution >= 4 is 23.5 Å². The van der Waals surface area contributed by atoms with Gasteiger partial charge in [-0.15, -0.1) is 0 Å². The Bertz CT molecular complexity index is 807. The molecule has 0 atom stereocenters. The van der Waals surface area contributed by atoms with Gasteiger partial charge < -0.3 is 9.47 Å². The van der Waals surface area contributed by atoms with Crippen molar-refractivity contribution in [3.8, 4) is 23.7 Å². The summed E-state index contributed by atoms with van der Waals surface area (Å²) in [7, 11) is 0. The summed E-state index contributed by atoms with van der Waals surface area (Å²) < 4.78 is 9.61. The zero-order valence-electron chi connectivity index (χ0n) is 17.4. The first-order valence-corrected chi connectivity index (χ1v) is 9.95. The van der Waals surface area contributed by atoms with E-state index in [0.717, 1.165) is 0 Å². The molecule has 0 spiro atoms. The third kappa shape index (κ3) is 11.5. The number of carbonyl (C=O) groups is 4. The van der Waals surface area contributed by atoms with E-state index in [-0.39, 0.29) is 49.2 Å². The number of ketones is 2. The van der Waals surface area contributed by atoms with E-state index in [1.54, 1.807) is 38.1 Å². The molecule has 1 aromatic carbocycles. The van der Waals surface area contributed by atoms with Crippen molar-refractivity contribution < 1.29 is 28.7 Å². The van der Waals surface area contributed by atoms with Crippen molar-refractivity contribution in [3.05, 3.63) is 35.4 Å². The zero-order valence-corrected chi connectivity index (χ0v) is 17.4. The van der Waals surface area contributed by atoms with Gasteiger partial charge in [-0.2, -0.15) is 0 Å². The quantitative estimate of drug-likeness (QED) is 0.435. The molecule has 0 fully saturated rings. The van der Waals surface area contributed by atoms with Gasteiger partial charge in [0.2, 0.25) is 11.6 Å². The molecule has 0 aromatic heterocycles. The molecule has 0 bridgehead atoms. The molecule has 6 nitrogen and oxygen atoms in total. The second kappa shape index (κ2) is 14.6. The van der Waals surface area contributed by atoms with Crippen LogP contribution in [0.25, 0.3) is 0 Å². The van der Waals surface area contributed by atoms with Gasteiger partial charge in [-0.25, -0.2) is 0 Å². The van der Waals surface area contributed by atoms with Crippen LogP contribution in [-0.4, -0.2) is 36.7 Å². The Balaban J connectivity index is 2.52. The van der Waals surface area contributed by atoms with Gasteiger partial charge in [-0.05, 0) is 56.7 Å². The summed E-state index contributed by atoms with van der Waals surface area (Å²) in [5.74, 6) is 9.49. The van der Waals surface area contributed by atoms with Gasteiger partial charge in [0, 0.05) is 36.8 Å². The second-order valence-electron chi connectivity index (χ2n) is 6.24. The highest BCUT2D eigenvalue weighted by Crippen LogP contribution is 2.04. The van der Waals surface area contributed by atoms with E-state index in [0.29, 0.717) is 37.2 Å². The van der Waals surface area contributed by atoms with Gasteiger partial charge >= 0.3 is 11.9 Å². The van der Waals surface area contributed by atoms with E-state index in [2.05, 4.69) is 23.7 Å². The monoisotopic (exact) mass is 410 g/mol. The van der Waals surface area contributed by atoms with Crippen molar-refractivity contribution in [1.82, 2.24) is 0 Å². The highest BCUT2D eigenvalue weighted by Gasteiger charge is 2.05. The Morgan fingerprint density at radius 3 is 1.57 bits per heavy atom. The zero-order chi connectivity index (χ0) is 22.2. The highest BCUT2D eigenvalue weighted by molar-refractivity contribution is 5.96. The minimum absolute atomic E-state index is 0.186. The fourth-order valence-electron chi connectivity index (χ4n) is 2.34. The average Bonchev–Trinajstić information content (AvgIpc) is 2.71. The van der Waals surface area contributed by atoms with Crippen LogP contribution in [0.5, 0.6) is 0 Å². The largest absolute Gasteiger partial charge is 0.466 e. The Morgan fingerprint density at radius 2 is 1.17 bits per heavy atom. The van der Waals surface area contributed by atoms with E-state index in [1.807, 2.05) is 0 Å². The summed E-state index contributed by atoms with van der Waals surface area (Å²) in [5.41, 5.74) is 1.21. The first-order chi connectivity index (χ1) is 14.4. The smallest absolute Gasteiger partial charge is 0.305 e. The highest BCUT2D eigenvalue weighted by atomic mass is 16.5. The summed E-state index contributed by atoms with van der Waals surface area (Å²) in [6, 6.07) is 6.92. The second-order valence-corrected chi connectivity index (χ2v) is 6.24. The molecule has 0 amide bonds. The Morgan fingerprint density at radius 1 is 0.733 bits per heavy atom. The summed E-state index contributed by atoms with van der Waals surface area (Å²) in [6.45, 7) is 4.11. The van der Waals surface area contributed by atoms with Crippen LogP contribution in [0.15, 0.2) is 24.3 Å². The molecule has 0 aliphatic carbocycles. The van der Waals surface area contributed by atoms with Crippen LogP contribution in [-0.2, 0) is 28.7 Å². The Hall–Kier alpha value is -3.38. The molecule has 0 N–H and O–H groups in total. The molecule has 0 saturated heterocycles. The standard InChI is InChI=1S/C24H26O6/c1-3-29-23(27)12-6-10-21(25)16-14-19-8-5-9-20(18-19)15-17-22(26)11-7-13-24(28)30-4-2/h5,8-9,18H,3-4,6-7,10-13H2,1-2H3. The van der Waals surface area contributed by atoms with Gasteiger partial charge in [0.25, 0.3) is 0 Å². The van der Waals surface area contributed by atoms with Gasteiger partial charge in [-0.3, -0.25) is 19.2 Å². The molecular formula is C24H26O6. The van der Waals surface area contributed by atoms with Crippen molar-refractivity contribution in [3.63, 3.8) is 0 Å². The third-order valence-electron chi connectivity index (χ3n) is 3.74. The van der Waals surface area contributed by atoms with Gasteiger partial charge in [0.15, 0.2) is 0 Å². The van der Waals surface area contributed by atoms with Gasteiger partial charge in [0.1, 0.15) is 0 Å². The summed E-state index contributed by atoms with van der Waals surface area (Å²) in [4.78, 5) is 46.1. The first kappa shape index (κ1) is 24.7. The Labute approximate surface area is 177 Å². The maximum absolute atomic E-state index is 11.8. The minimum atomic E-state index is -0.319. The van der Waals surface area contributed by atoms with E-state index in [9.17, 15) is 19.2 Å². The maximum Gasteiger partial charge on any atom is 0.305 e. The predicted octanol–water partition coefficient (Wildman–Crippen LogP) is 2.99. The summed E-state index contributed by atoms with van der Waals surface area (Å²) >= 11 is 0. The minimum Gasteiger partial charge on any atom is -0.466 e. The van der Waals surface area contributed by atoms with Crippen LogP contribution < -0.4 is 0 Å². The number of carbonyl (C=O) groups excluding carboxylic acids is 4. The summed E-state index contributed by atoms with van der Waals surface area (Å²) in [5, 5.41) is 0. The summed E-state index contributed by atoms with van der Waals surface area (Å²) in [6.07, 6.45) is 1.56. The number of benzene rings is 1. The normalized spacial score (nSPS) is 9.40. The number of hydrogen-bond donors (Lipinski definition) is 0. The molecule has 0 radical (unpaired) electrons. The number of ether oxygens (including phenoxy) is 2. The van der Waals surface area contributed by atoms with Gasteiger partial charge in [-0.1, -0.05) is 17.9 Å². The van der Waals surface area contributed by atoms with Crippen LogP contribution in [0.4, 0.5) is 0 Å². The lowest BCUT2D eigenvalue weighted by Crippen LogP contribution is -2.04. The lowest BCUT2D eigenvalue weighted by molar-refractivity contribution is -0.144. The lowest BCUT2D eigenvalue weighted by atomic mass is 10.1. The molecule has 30 heavy (non-hydrogen) atoms. The fraction of sp³-hybridized carbons (Fsp3) is 0.417. The van der Waals surface area contributed by atoms with Crippen LogP contribution in [0.2, 0.25) is 0 Å². The lowest BCUT2D eigenvalue weighted by Gasteiger charge is -1.99. The molecule has 1 aromatic rings. The van der Waals surface area contributed by atoms with Crippen LogP contribution >= 0.6 is 0 Å². The molecule has 0 unspecified atom stereocenters. The number of hydrogen-bond acceptors (Lipinski definition) is 6. The molecule has 0 heterocycles. The molecule has 0 aliphatic rings. The SMILES string of the molecule is CCOC(=O)CCCC(=O)C#Cc1cccc(C#CC(=O)CCCC(=O)OCC)c1. The third-order valence-corrected chi connectivity index (χ3v) is 3.74.